The average molecular weight is 447 g/mol. The van der Waals surface area contributed by atoms with Gasteiger partial charge < -0.3 is 4.90 Å². The maximum absolute atomic E-state index is 13.2. The Morgan fingerprint density at radius 2 is 2.00 bits per heavy atom. The fraction of sp³-hybridized carbons (Fsp3) is 0.409. The van der Waals surface area contributed by atoms with E-state index < -0.39 is 24.0 Å². The summed E-state index contributed by atoms with van der Waals surface area (Å²) in [6.45, 7) is -1.24. The van der Waals surface area contributed by atoms with Crippen LogP contribution in [-0.2, 0) is 10.2 Å². The van der Waals surface area contributed by atoms with Gasteiger partial charge in [-0.15, -0.1) is 0 Å². The van der Waals surface area contributed by atoms with Crippen LogP contribution in [0, 0.1) is 0 Å². The number of alkyl halides is 3. The largest absolute Gasteiger partial charge is 0.406 e. The molecule has 9 heteroatoms. The number of anilines is 1. The van der Waals surface area contributed by atoms with Crippen LogP contribution >= 0.6 is 11.6 Å². The Balaban J connectivity index is 1.37. The highest BCUT2D eigenvalue weighted by molar-refractivity contribution is 6.29. The number of carbonyl (C=O) groups excluding carboxylic acids is 1. The van der Waals surface area contributed by atoms with Crippen LogP contribution < -0.4 is 4.90 Å². The Kier molecular flexibility index (Phi) is 3.83. The molecule has 2 saturated carbocycles. The second-order valence-corrected chi connectivity index (χ2v) is 9.17. The minimum absolute atomic E-state index is 0.144. The van der Waals surface area contributed by atoms with Crippen LogP contribution in [-0.4, -0.2) is 33.2 Å². The van der Waals surface area contributed by atoms with Gasteiger partial charge in [-0.25, -0.2) is 9.50 Å². The van der Waals surface area contributed by atoms with Crippen molar-refractivity contribution < 1.29 is 18.0 Å². The molecule has 0 N–H and O–H groups in total. The van der Waals surface area contributed by atoms with Gasteiger partial charge in [-0.3, -0.25) is 4.79 Å². The average Bonchev–Trinajstić information content (AvgIpc) is 3.26. The minimum Gasteiger partial charge on any atom is -0.302 e. The second-order valence-electron chi connectivity index (χ2n) is 8.79. The second kappa shape index (κ2) is 6.22. The first-order chi connectivity index (χ1) is 14.8. The van der Waals surface area contributed by atoms with E-state index in [0.29, 0.717) is 23.7 Å². The Labute approximate surface area is 180 Å². The molecule has 5 nitrogen and oxygen atoms in total. The fourth-order valence-corrected chi connectivity index (χ4v) is 5.53. The number of fused-ring (bicyclic) bond motifs is 3. The van der Waals surface area contributed by atoms with Crippen molar-refractivity contribution in [1.82, 2.24) is 14.6 Å². The molecule has 0 unspecified atom stereocenters. The molecule has 0 bridgehead atoms. The Hall–Kier alpha value is -2.61. The molecule has 0 radical (unpaired) electrons. The zero-order chi connectivity index (χ0) is 21.5. The zero-order valence-electron chi connectivity index (χ0n) is 16.4. The van der Waals surface area contributed by atoms with Crippen molar-refractivity contribution in [2.75, 3.05) is 11.4 Å². The molecule has 2 fully saturated rings. The lowest BCUT2D eigenvalue weighted by molar-refractivity contribution is -0.136. The lowest BCUT2D eigenvalue weighted by atomic mass is 9.65. The number of benzene rings is 1. The number of hydrogen-bond acceptors (Lipinski definition) is 3. The van der Waals surface area contributed by atoms with Gasteiger partial charge in [0.1, 0.15) is 11.7 Å². The number of imidazole rings is 1. The number of rotatable bonds is 3. The van der Waals surface area contributed by atoms with Gasteiger partial charge in [-0.1, -0.05) is 30.2 Å². The molecule has 1 spiro atoms. The minimum atomic E-state index is -4.44. The summed E-state index contributed by atoms with van der Waals surface area (Å²) < 4.78 is 41.4. The predicted molar refractivity (Wildman–Crippen MR) is 108 cm³/mol. The van der Waals surface area contributed by atoms with E-state index in [0.717, 1.165) is 40.1 Å². The third-order valence-electron chi connectivity index (χ3n) is 7.00. The van der Waals surface area contributed by atoms with Crippen molar-refractivity contribution in [3.8, 4) is 0 Å². The van der Waals surface area contributed by atoms with E-state index in [4.69, 9.17) is 11.6 Å². The van der Waals surface area contributed by atoms with Gasteiger partial charge in [0, 0.05) is 23.6 Å². The van der Waals surface area contributed by atoms with Crippen LogP contribution in [0.1, 0.15) is 54.2 Å². The first-order valence-electron chi connectivity index (χ1n) is 10.3. The highest BCUT2D eigenvalue weighted by atomic mass is 35.5. The van der Waals surface area contributed by atoms with Crippen molar-refractivity contribution in [1.29, 1.82) is 0 Å². The van der Waals surface area contributed by atoms with Gasteiger partial charge in [-0.2, -0.15) is 18.3 Å². The molecular formula is C22H18ClF3N4O. The number of nitrogens with zero attached hydrogens (tertiary/aromatic N) is 4. The van der Waals surface area contributed by atoms with Gasteiger partial charge in [0.05, 0.1) is 5.41 Å². The first kappa shape index (κ1) is 19.1. The van der Waals surface area contributed by atoms with Crippen LogP contribution in [0.5, 0.6) is 0 Å². The fourth-order valence-electron chi connectivity index (χ4n) is 5.33. The number of hydrogen-bond donors (Lipinski definition) is 0. The molecule has 3 aromatic rings. The predicted octanol–water partition coefficient (Wildman–Crippen LogP) is 4.98. The maximum atomic E-state index is 13.2. The monoisotopic (exact) mass is 446 g/mol. The highest BCUT2D eigenvalue weighted by Crippen LogP contribution is 2.59. The van der Waals surface area contributed by atoms with E-state index in [-0.39, 0.29) is 11.8 Å². The molecule has 0 saturated heterocycles. The van der Waals surface area contributed by atoms with Crippen molar-refractivity contribution in [3.63, 3.8) is 0 Å². The molecular weight excluding hydrogens is 429 g/mol. The third-order valence-corrected chi connectivity index (χ3v) is 7.19. The molecule has 1 aliphatic heterocycles. The van der Waals surface area contributed by atoms with E-state index in [1.54, 1.807) is 23.0 Å². The van der Waals surface area contributed by atoms with Crippen molar-refractivity contribution in [3.05, 3.63) is 58.5 Å². The molecule has 1 amide bonds. The van der Waals surface area contributed by atoms with E-state index in [2.05, 4.69) is 10.1 Å². The van der Waals surface area contributed by atoms with Crippen LogP contribution in [0.2, 0.25) is 5.15 Å². The summed E-state index contributed by atoms with van der Waals surface area (Å²) in [5.41, 5.74) is 3.07. The van der Waals surface area contributed by atoms with Crippen molar-refractivity contribution in [2.24, 2.45) is 0 Å². The van der Waals surface area contributed by atoms with Gasteiger partial charge in [0.25, 0.3) is 0 Å². The van der Waals surface area contributed by atoms with Crippen molar-refractivity contribution in [2.45, 2.75) is 49.1 Å². The smallest absolute Gasteiger partial charge is 0.302 e. The topological polar surface area (TPSA) is 50.5 Å². The SMILES string of the molecule is O=C1N(CC(F)(F)F)c2cc([C@H]3C[C@@H]3c3cc(Cl)nn4ccnc34)ccc2C12CCC2. The Bertz CT molecular complexity index is 1230. The Morgan fingerprint density at radius 3 is 2.71 bits per heavy atom. The van der Waals surface area contributed by atoms with Crippen LogP contribution in [0.3, 0.4) is 0 Å². The Morgan fingerprint density at radius 1 is 1.19 bits per heavy atom. The number of aromatic nitrogens is 3. The van der Waals surface area contributed by atoms with E-state index in [1.165, 1.54) is 0 Å². The van der Waals surface area contributed by atoms with Gasteiger partial charge in [-0.05, 0) is 54.4 Å². The zero-order valence-corrected chi connectivity index (χ0v) is 17.1. The third kappa shape index (κ3) is 2.80. The number of halogens is 4. The highest BCUT2D eigenvalue weighted by Gasteiger charge is 2.56. The number of carbonyl (C=O) groups is 1. The molecule has 1 aromatic carbocycles. The molecule has 3 heterocycles. The van der Waals surface area contributed by atoms with Crippen LogP contribution in [0.15, 0.2) is 36.7 Å². The van der Waals surface area contributed by atoms with Crippen molar-refractivity contribution >= 4 is 28.8 Å². The lowest BCUT2D eigenvalue weighted by Crippen LogP contribution is -2.47. The first-order valence-corrected chi connectivity index (χ1v) is 10.7. The summed E-state index contributed by atoms with van der Waals surface area (Å²) in [7, 11) is 0. The van der Waals surface area contributed by atoms with Crippen LogP contribution in [0.25, 0.3) is 5.65 Å². The molecule has 6 rings (SSSR count). The molecule has 3 aliphatic rings. The van der Waals surface area contributed by atoms with E-state index in [9.17, 15) is 18.0 Å². The summed E-state index contributed by atoms with van der Waals surface area (Å²) in [5.74, 6) is -0.102. The summed E-state index contributed by atoms with van der Waals surface area (Å²) in [6, 6.07) is 7.45. The maximum Gasteiger partial charge on any atom is 0.406 e. The normalized spacial score (nSPS) is 24.0. The van der Waals surface area contributed by atoms with Gasteiger partial charge >= 0.3 is 6.18 Å². The lowest BCUT2D eigenvalue weighted by Gasteiger charge is -2.37. The van der Waals surface area contributed by atoms with E-state index in [1.807, 2.05) is 18.2 Å². The molecule has 31 heavy (non-hydrogen) atoms. The molecule has 160 valence electrons. The molecule has 2 aromatic heterocycles. The van der Waals surface area contributed by atoms with Gasteiger partial charge in [0.15, 0.2) is 5.65 Å². The van der Waals surface area contributed by atoms with E-state index >= 15 is 0 Å². The van der Waals surface area contributed by atoms with Gasteiger partial charge in [0.2, 0.25) is 5.91 Å². The quantitative estimate of drug-likeness (QED) is 0.570. The molecule has 2 atom stereocenters. The standard InChI is InChI=1S/C22H18ClF3N4O/c23-18-10-15(19-27-6-7-30(19)28-18)14-9-13(14)12-2-3-16-17(8-12)29(11-22(24,25)26)20(31)21(16)4-1-5-21/h2-3,6-8,10,13-14H,1,4-5,9,11H2/t13-,14+/m1/s1. The number of amides is 1. The summed E-state index contributed by atoms with van der Waals surface area (Å²) in [5, 5.41) is 4.57. The summed E-state index contributed by atoms with van der Waals surface area (Å²) in [6.07, 6.45) is 1.89. The summed E-state index contributed by atoms with van der Waals surface area (Å²) in [4.78, 5) is 18.3. The van der Waals surface area contributed by atoms with Crippen LogP contribution in [0.4, 0.5) is 18.9 Å². The summed E-state index contributed by atoms with van der Waals surface area (Å²) >= 11 is 6.16. The molecule has 2 aliphatic carbocycles.